The van der Waals surface area contributed by atoms with Crippen molar-refractivity contribution in [1.29, 1.82) is 0 Å². The fourth-order valence-corrected chi connectivity index (χ4v) is 2.83. The second-order valence-electron chi connectivity index (χ2n) is 3.95. The van der Waals surface area contributed by atoms with Crippen molar-refractivity contribution in [3.8, 4) is 0 Å². The molecule has 1 unspecified atom stereocenters. The van der Waals surface area contributed by atoms with Gasteiger partial charge in [-0.1, -0.05) is 23.7 Å². The fourth-order valence-electron chi connectivity index (χ4n) is 1.62. The van der Waals surface area contributed by atoms with Gasteiger partial charge in [0.25, 0.3) is 0 Å². The predicted octanol–water partition coefficient (Wildman–Crippen LogP) is 3.35. The van der Waals surface area contributed by atoms with Crippen molar-refractivity contribution in [3.05, 3.63) is 64.7 Å². The number of carboxylic acids is 1. The van der Waals surface area contributed by atoms with Gasteiger partial charge in [0.05, 0.1) is 22.1 Å². The van der Waals surface area contributed by atoms with Crippen LogP contribution in [0.5, 0.6) is 0 Å². The minimum absolute atomic E-state index is 0.200. The van der Waals surface area contributed by atoms with Gasteiger partial charge in [0.1, 0.15) is 0 Å². The highest BCUT2D eigenvalue weighted by Crippen LogP contribution is 2.16. The molecule has 0 saturated heterocycles. The molecule has 5 heteroatoms. The summed E-state index contributed by atoms with van der Waals surface area (Å²) < 4.78 is 12.1. The largest absolute Gasteiger partial charge is 0.478 e. The number of aromatic carboxylic acids is 1. The van der Waals surface area contributed by atoms with Crippen LogP contribution in [0.3, 0.4) is 0 Å². The van der Waals surface area contributed by atoms with Crippen LogP contribution in [-0.4, -0.2) is 15.3 Å². The lowest BCUT2D eigenvalue weighted by atomic mass is 10.1. The van der Waals surface area contributed by atoms with Crippen molar-refractivity contribution in [2.24, 2.45) is 0 Å². The van der Waals surface area contributed by atoms with Crippen molar-refractivity contribution >= 4 is 28.4 Å². The number of rotatable bonds is 4. The molecule has 0 amide bonds. The maximum absolute atomic E-state index is 12.1. The van der Waals surface area contributed by atoms with Gasteiger partial charge in [-0.3, -0.25) is 4.21 Å². The summed E-state index contributed by atoms with van der Waals surface area (Å²) in [5.74, 6) is -0.706. The highest BCUT2D eigenvalue weighted by atomic mass is 35.5. The Morgan fingerprint density at radius 2 is 1.84 bits per heavy atom. The van der Waals surface area contributed by atoms with Crippen LogP contribution in [0.2, 0.25) is 5.02 Å². The third kappa shape index (κ3) is 3.66. The van der Waals surface area contributed by atoms with E-state index in [1.165, 1.54) is 12.1 Å². The van der Waals surface area contributed by atoms with Gasteiger partial charge in [-0.15, -0.1) is 0 Å². The molecule has 0 aromatic heterocycles. The van der Waals surface area contributed by atoms with E-state index >= 15 is 0 Å². The van der Waals surface area contributed by atoms with Crippen LogP contribution in [0.4, 0.5) is 0 Å². The first kappa shape index (κ1) is 13.8. The molecule has 0 aliphatic rings. The Labute approximate surface area is 118 Å². The monoisotopic (exact) mass is 294 g/mol. The Kier molecular flexibility index (Phi) is 4.35. The van der Waals surface area contributed by atoms with Crippen LogP contribution in [0, 0.1) is 0 Å². The summed E-state index contributed by atoms with van der Waals surface area (Å²) in [6.45, 7) is 0. The first-order valence-electron chi connectivity index (χ1n) is 5.52. The minimum Gasteiger partial charge on any atom is -0.478 e. The third-order valence-electron chi connectivity index (χ3n) is 2.55. The molecule has 1 atom stereocenters. The molecule has 1 N–H and O–H groups in total. The van der Waals surface area contributed by atoms with Crippen molar-refractivity contribution in [3.63, 3.8) is 0 Å². The average Bonchev–Trinajstić information content (AvgIpc) is 2.39. The van der Waals surface area contributed by atoms with Gasteiger partial charge in [-0.05, 0) is 42.0 Å². The Morgan fingerprint density at radius 1 is 1.16 bits per heavy atom. The second kappa shape index (κ2) is 5.99. The predicted molar refractivity (Wildman–Crippen MR) is 75.0 cm³/mol. The van der Waals surface area contributed by atoms with Gasteiger partial charge in [-0.2, -0.15) is 0 Å². The summed E-state index contributed by atoms with van der Waals surface area (Å²) in [6.07, 6.45) is 0. The summed E-state index contributed by atoms with van der Waals surface area (Å²) in [7, 11) is -1.22. The van der Waals surface area contributed by atoms with Gasteiger partial charge in [0.2, 0.25) is 0 Å². The van der Waals surface area contributed by atoms with Gasteiger partial charge < -0.3 is 5.11 Å². The molecule has 0 heterocycles. The second-order valence-corrected chi connectivity index (χ2v) is 5.84. The summed E-state index contributed by atoms with van der Waals surface area (Å²) in [5.41, 5.74) is 0.929. The number of hydrogen-bond acceptors (Lipinski definition) is 2. The number of hydrogen-bond donors (Lipinski definition) is 1. The zero-order valence-electron chi connectivity index (χ0n) is 9.88. The molecule has 0 fully saturated rings. The molecule has 19 heavy (non-hydrogen) atoms. The van der Waals surface area contributed by atoms with E-state index in [1.807, 2.05) is 0 Å². The SMILES string of the molecule is O=C(O)c1cccc(CS(=O)c2ccc(Cl)cc2)c1. The molecule has 2 aromatic rings. The van der Waals surface area contributed by atoms with Gasteiger partial charge in [-0.25, -0.2) is 4.79 Å². The normalized spacial score (nSPS) is 12.1. The molecule has 0 bridgehead atoms. The Hall–Kier alpha value is -1.65. The van der Waals surface area contributed by atoms with Crippen LogP contribution in [0.1, 0.15) is 15.9 Å². The van der Waals surface area contributed by atoms with Crippen LogP contribution < -0.4 is 0 Å². The van der Waals surface area contributed by atoms with Gasteiger partial charge >= 0.3 is 5.97 Å². The maximum Gasteiger partial charge on any atom is 0.335 e. The van der Waals surface area contributed by atoms with E-state index in [0.717, 1.165) is 5.56 Å². The summed E-state index contributed by atoms with van der Waals surface area (Å²) in [4.78, 5) is 11.5. The summed E-state index contributed by atoms with van der Waals surface area (Å²) in [6, 6.07) is 13.2. The molecule has 0 radical (unpaired) electrons. The highest BCUT2D eigenvalue weighted by Gasteiger charge is 2.08. The minimum atomic E-state index is -1.22. The van der Waals surface area contributed by atoms with Crippen LogP contribution in [-0.2, 0) is 16.6 Å². The molecule has 3 nitrogen and oxygen atoms in total. The number of carboxylic acid groups (broad SMARTS) is 1. The molecule has 0 saturated carbocycles. The summed E-state index contributed by atoms with van der Waals surface area (Å²) >= 11 is 5.77. The standard InChI is InChI=1S/C14H11ClO3S/c15-12-4-6-13(7-5-12)19(18)9-10-2-1-3-11(8-10)14(16)17/h1-8H,9H2,(H,16,17). The lowest BCUT2D eigenvalue weighted by molar-refractivity contribution is 0.0697. The molecule has 2 aromatic carbocycles. The van der Waals surface area contributed by atoms with Gasteiger partial charge in [0.15, 0.2) is 0 Å². The lowest BCUT2D eigenvalue weighted by Crippen LogP contribution is -2.00. The number of halogens is 1. The quantitative estimate of drug-likeness (QED) is 0.941. The molecule has 0 aliphatic heterocycles. The fraction of sp³-hybridized carbons (Fsp3) is 0.0714. The van der Waals surface area contributed by atoms with Crippen molar-refractivity contribution < 1.29 is 14.1 Å². The highest BCUT2D eigenvalue weighted by molar-refractivity contribution is 7.84. The van der Waals surface area contributed by atoms with E-state index in [-0.39, 0.29) is 11.3 Å². The van der Waals surface area contributed by atoms with Crippen LogP contribution >= 0.6 is 11.6 Å². The van der Waals surface area contributed by atoms with E-state index < -0.39 is 16.8 Å². The van der Waals surface area contributed by atoms with E-state index in [9.17, 15) is 9.00 Å². The van der Waals surface area contributed by atoms with E-state index in [2.05, 4.69) is 0 Å². The topological polar surface area (TPSA) is 54.4 Å². The molecule has 0 aliphatic carbocycles. The molecule has 98 valence electrons. The third-order valence-corrected chi connectivity index (χ3v) is 4.19. The van der Waals surface area contributed by atoms with Crippen molar-refractivity contribution in [1.82, 2.24) is 0 Å². The summed E-state index contributed by atoms with van der Waals surface area (Å²) in [5, 5.41) is 9.49. The van der Waals surface area contributed by atoms with Crippen molar-refractivity contribution in [2.75, 3.05) is 0 Å². The Balaban J connectivity index is 2.17. The number of benzene rings is 2. The first-order chi connectivity index (χ1) is 9.06. The van der Waals surface area contributed by atoms with Crippen molar-refractivity contribution in [2.45, 2.75) is 10.6 Å². The zero-order valence-corrected chi connectivity index (χ0v) is 11.4. The first-order valence-corrected chi connectivity index (χ1v) is 7.22. The van der Waals surface area contributed by atoms with Crippen LogP contribution in [0.25, 0.3) is 0 Å². The number of carbonyl (C=O) groups is 1. The van der Waals surface area contributed by atoms with Crippen LogP contribution in [0.15, 0.2) is 53.4 Å². The van der Waals surface area contributed by atoms with E-state index in [1.54, 1.807) is 36.4 Å². The van der Waals surface area contributed by atoms with E-state index in [4.69, 9.17) is 16.7 Å². The molecule has 2 rings (SSSR count). The Morgan fingerprint density at radius 3 is 2.47 bits per heavy atom. The molecular formula is C14H11ClO3S. The van der Waals surface area contributed by atoms with Gasteiger partial charge in [0, 0.05) is 9.92 Å². The lowest BCUT2D eigenvalue weighted by Gasteiger charge is -2.04. The Bertz CT molecular complexity index is 623. The van der Waals surface area contributed by atoms with E-state index in [0.29, 0.717) is 9.92 Å². The average molecular weight is 295 g/mol. The molecule has 0 spiro atoms. The molecular weight excluding hydrogens is 284 g/mol. The maximum atomic E-state index is 12.1. The smallest absolute Gasteiger partial charge is 0.335 e. The zero-order chi connectivity index (χ0) is 13.8.